The van der Waals surface area contributed by atoms with Crippen molar-refractivity contribution < 1.29 is 14.1 Å². The standard InChI is InChI=1S/C18H28N6O3/c1-5-17-19-15(22-27-17)9-14-11-23(6-7-26-14)18(25)20-16-8-13(4)21-24(16)10-12(2)3/h8,12,14H,5-7,9-11H2,1-4H3,(H,20,25). The number of carbonyl (C=O) groups excluding carboxylic acids is 1. The fourth-order valence-corrected chi connectivity index (χ4v) is 3.07. The van der Waals surface area contributed by atoms with E-state index in [9.17, 15) is 4.79 Å². The minimum atomic E-state index is -0.144. The van der Waals surface area contributed by atoms with Crippen molar-refractivity contribution in [2.45, 2.75) is 53.2 Å². The first kappa shape index (κ1) is 19.3. The summed E-state index contributed by atoms with van der Waals surface area (Å²) in [5.41, 5.74) is 0.884. The summed E-state index contributed by atoms with van der Waals surface area (Å²) in [7, 11) is 0. The van der Waals surface area contributed by atoms with Crippen LogP contribution >= 0.6 is 0 Å². The highest BCUT2D eigenvalue weighted by atomic mass is 16.5. The third kappa shape index (κ3) is 5.06. The van der Waals surface area contributed by atoms with Crippen LogP contribution in [0.4, 0.5) is 10.6 Å². The van der Waals surface area contributed by atoms with E-state index >= 15 is 0 Å². The Morgan fingerprint density at radius 1 is 1.44 bits per heavy atom. The van der Waals surface area contributed by atoms with Crippen molar-refractivity contribution in [3.8, 4) is 0 Å². The molecule has 0 aliphatic carbocycles. The third-order valence-corrected chi connectivity index (χ3v) is 4.32. The van der Waals surface area contributed by atoms with E-state index in [0.717, 1.165) is 18.1 Å². The molecule has 27 heavy (non-hydrogen) atoms. The van der Waals surface area contributed by atoms with Crippen LogP contribution in [0, 0.1) is 12.8 Å². The van der Waals surface area contributed by atoms with Crippen LogP contribution in [0.1, 0.15) is 38.2 Å². The predicted octanol–water partition coefficient (Wildman–Crippen LogP) is 2.27. The minimum absolute atomic E-state index is 0.143. The summed E-state index contributed by atoms with van der Waals surface area (Å²) < 4.78 is 12.8. The molecule has 9 nitrogen and oxygen atoms in total. The molecule has 9 heteroatoms. The summed E-state index contributed by atoms with van der Waals surface area (Å²) in [6, 6.07) is 1.75. The summed E-state index contributed by atoms with van der Waals surface area (Å²) in [4.78, 5) is 18.8. The van der Waals surface area contributed by atoms with E-state index in [1.165, 1.54) is 0 Å². The first-order valence-electron chi connectivity index (χ1n) is 9.48. The van der Waals surface area contributed by atoms with Gasteiger partial charge in [0, 0.05) is 38.5 Å². The lowest BCUT2D eigenvalue weighted by molar-refractivity contribution is -0.0125. The van der Waals surface area contributed by atoms with Gasteiger partial charge in [-0.15, -0.1) is 0 Å². The number of hydrogen-bond donors (Lipinski definition) is 1. The van der Waals surface area contributed by atoms with Gasteiger partial charge in [-0.3, -0.25) is 5.32 Å². The first-order chi connectivity index (χ1) is 12.9. The maximum absolute atomic E-state index is 12.7. The number of nitrogens with zero attached hydrogens (tertiary/aromatic N) is 5. The van der Waals surface area contributed by atoms with Crippen molar-refractivity contribution in [1.29, 1.82) is 0 Å². The van der Waals surface area contributed by atoms with Gasteiger partial charge in [0.15, 0.2) is 5.82 Å². The van der Waals surface area contributed by atoms with Crippen molar-refractivity contribution in [3.05, 3.63) is 23.5 Å². The Balaban J connectivity index is 1.60. The molecule has 0 spiro atoms. The molecule has 1 unspecified atom stereocenters. The normalized spacial score (nSPS) is 17.5. The zero-order chi connectivity index (χ0) is 19.4. The highest BCUT2D eigenvalue weighted by molar-refractivity contribution is 5.88. The Labute approximate surface area is 159 Å². The highest BCUT2D eigenvalue weighted by Gasteiger charge is 2.26. The number of carbonyl (C=O) groups is 1. The average molecular weight is 376 g/mol. The van der Waals surface area contributed by atoms with Crippen LogP contribution in [0.2, 0.25) is 0 Å². The molecule has 1 fully saturated rings. The lowest BCUT2D eigenvalue weighted by Gasteiger charge is -2.32. The Morgan fingerprint density at radius 3 is 2.96 bits per heavy atom. The van der Waals surface area contributed by atoms with Gasteiger partial charge in [0.05, 0.1) is 18.4 Å². The van der Waals surface area contributed by atoms with Crippen molar-refractivity contribution in [2.24, 2.45) is 5.92 Å². The van der Waals surface area contributed by atoms with Crippen molar-refractivity contribution >= 4 is 11.8 Å². The smallest absolute Gasteiger partial charge is 0.323 e. The number of amides is 2. The molecule has 1 saturated heterocycles. The second kappa shape index (κ2) is 8.51. The summed E-state index contributed by atoms with van der Waals surface area (Å²) in [5, 5.41) is 11.4. The Kier molecular flexibility index (Phi) is 6.10. The molecule has 0 bridgehead atoms. The van der Waals surface area contributed by atoms with E-state index in [1.807, 2.05) is 24.6 Å². The lowest BCUT2D eigenvalue weighted by Crippen LogP contribution is -2.48. The van der Waals surface area contributed by atoms with Gasteiger partial charge in [-0.05, 0) is 12.8 Å². The van der Waals surface area contributed by atoms with Crippen molar-refractivity contribution in [2.75, 3.05) is 25.0 Å². The maximum atomic E-state index is 12.7. The van der Waals surface area contributed by atoms with Crippen molar-refractivity contribution in [3.63, 3.8) is 0 Å². The number of aryl methyl sites for hydroxylation is 2. The lowest BCUT2D eigenvalue weighted by atomic mass is 10.2. The molecule has 2 amide bonds. The molecule has 3 heterocycles. The van der Waals surface area contributed by atoms with Crippen LogP contribution < -0.4 is 5.32 Å². The molecular formula is C18H28N6O3. The van der Waals surface area contributed by atoms with E-state index in [1.54, 1.807) is 4.90 Å². The molecule has 148 valence electrons. The molecule has 1 aliphatic rings. The van der Waals surface area contributed by atoms with Gasteiger partial charge < -0.3 is 14.2 Å². The van der Waals surface area contributed by atoms with Gasteiger partial charge >= 0.3 is 6.03 Å². The van der Waals surface area contributed by atoms with E-state index in [2.05, 4.69) is 34.4 Å². The van der Waals surface area contributed by atoms with E-state index in [-0.39, 0.29) is 12.1 Å². The highest BCUT2D eigenvalue weighted by Crippen LogP contribution is 2.16. The summed E-state index contributed by atoms with van der Waals surface area (Å²) in [5.74, 6) is 2.39. The molecular weight excluding hydrogens is 348 g/mol. The van der Waals surface area contributed by atoms with Crippen LogP contribution in [-0.4, -0.2) is 56.7 Å². The van der Waals surface area contributed by atoms with Crippen LogP contribution in [0.5, 0.6) is 0 Å². The number of anilines is 1. The Bertz CT molecular complexity index is 769. The molecule has 1 N–H and O–H groups in total. The van der Waals surface area contributed by atoms with Gasteiger partial charge in [-0.1, -0.05) is 25.9 Å². The number of morpholine rings is 1. The molecule has 3 rings (SSSR count). The van der Waals surface area contributed by atoms with Crippen LogP contribution in [-0.2, 0) is 24.1 Å². The second-order valence-electron chi connectivity index (χ2n) is 7.28. The number of aromatic nitrogens is 4. The molecule has 1 atom stereocenters. The van der Waals surface area contributed by atoms with E-state index < -0.39 is 0 Å². The fourth-order valence-electron chi connectivity index (χ4n) is 3.07. The van der Waals surface area contributed by atoms with Crippen LogP contribution in [0.15, 0.2) is 10.6 Å². The van der Waals surface area contributed by atoms with E-state index in [0.29, 0.717) is 50.2 Å². The Morgan fingerprint density at radius 2 is 2.26 bits per heavy atom. The number of rotatable bonds is 6. The number of hydrogen-bond acceptors (Lipinski definition) is 6. The summed E-state index contributed by atoms with van der Waals surface area (Å²) in [6.07, 6.45) is 1.09. The van der Waals surface area contributed by atoms with Crippen LogP contribution in [0.25, 0.3) is 0 Å². The average Bonchev–Trinajstić information content (AvgIpc) is 3.21. The molecule has 2 aromatic heterocycles. The van der Waals surface area contributed by atoms with E-state index in [4.69, 9.17) is 9.26 Å². The zero-order valence-electron chi connectivity index (χ0n) is 16.4. The molecule has 0 saturated carbocycles. The minimum Gasteiger partial charge on any atom is -0.374 e. The first-order valence-corrected chi connectivity index (χ1v) is 9.48. The largest absolute Gasteiger partial charge is 0.374 e. The molecule has 0 aromatic carbocycles. The molecule has 1 aliphatic heterocycles. The van der Waals surface area contributed by atoms with Gasteiger partial charge in [0.2, 0.25) is 5.89 Å². The topological polar surface area (TPSA) is 98.3 Å². The third-order valence-electron chi connectivity index (χ3n) is 4.32. The fraction of sp³-hybridized carbons (Fsp3) is 0.667. The summed E-state index contributed by atoms with van der Waals surface area (Å²) in [6.45, 7) is 10.4. The maximum Gasteiger partial charge on any atom is 0.323 e. The van der Waals surface area contributed by atoms with Gasteiger partial charge in [-0.25, -0.2) is 9.48 Å². The second-order valence-corrected chi connectivity index (χ2v) is 7.28. The quantitative estimate of drug-likeness (QED) is 0.830. The van der Waals surface area contributed by atoms with Crippen molar-refractivity contribution in [1.82, 2.24) is 24.8 Å². The predicted molar refractivity (Wildman–Crippen MR) is 99.5 cm³/mol. The van der Waals surface area contributed by atoms with Crippen LogP contribution in [0.3, 0.4) is 0 Å². The molecule has 0 radical (unpaired) electrons. The summed E-state index contributed by atoms with van der Waals surface area (Å²) >= 11 is 0. The van der Waals surface area contributed by atoms with Gasteiger partial charge in [0.25, 0.3) is 0 Å². The Hall–Kier alpha value is -2.42. The molecule has 2 aromatic rings. The zero-order valence-corrected chi connectivity index (χ0v) is 16.4. The SMILES string of the molecule is CCc1nc(CC2CN(C(=O)Nc3cc(C)nn3CC(C)C)CCO2)no1. The van der Waals surface area contributed by atoms with Gasteiger partial charge in [0.1, 0.15) is 5.82 Å². The monoisotopic (exact) mass is 376 g/mol. The van der Waals surface area contributed by atoms with Gasteiger partial charge in [-0.2, -0.15) is 10.1 Å². The number of urea groups is 1. The number of ether oxygens (including phenoxy) is 1. The number of nitrogens with one attached hydrogen (secondary N) is 1.